The Bertz CT molecular complexity index is 1370. The lowest BCUT2D eigenvalue weighted by Gasteiger charge is -2.40. The number of aryl methyl sites for hydroxylation is 2. The first-order valence-corrected chi connectivity index (χ1v) is 20.0. The van der Waals surface area contributed by atoms with Gasteiger partial charge in [0.15, 0.2) is 5.78 Å². The maximum atomic E-state index is 12.6. The van der Waals surface area contributed by atoms with E-state index in [1.165, 1.54) is 31.8 Å². The zero-order chi connectivity index (χ0) is 38.0. The van der Waals surface area contributed by atoms with E-state index in [0.717, 1.165) is 5.56 Å². The Kier molecular flexibility index (Phi) is 18.7. The summed E-state index contributed by atoms with van der Waals surface area (Å²) in [6.45, 7) is 16.6. The third-order valence-corrected chi connectivity index (χ3v) is 12.2. The quantitative estimate of drug-likeness (QED) is 0.175. The highest BCUT2D eigenvalue weighted by Gasteiger charge is 2.32. The molecule has 0 radical (unpaired) electrons. The molecule has 1 heterocycles. The number of ketones is 1. The molecule has 50 heavy (non-hydrogen) atoms. The van der Waals surface area contributed by atoms with Gasteiger partial charge in [-0.05, 0) is 94.1 Å². The normalized spacial score (nSPS) is 13.4. The van der Waals surface area contributed by atoms with E-state index >= 15 is 0 Å². The number of aromatic nitrogens is 2. The van der Waals surface area contributed by atoms with Crippen LogP contribution in [0.2, 0.25) is 0 Å². The van der Waals surface area contributed by atoms with Gasteiger partial charge in [0.1, 0.15) is 5.82 Å². The summed E-state index contributed by atoms with van der Waals surface area (Å²) in [5.74, 6) is -0.895. The van der Waals surface area contributed by atoms with Gasteiger partial charge in [-0.3, -0.25) is 14.4 Å². The average Bonchev–Trinajstić information content (AvgIpc) is 3.73. The number of aromatic amines is 1. The minimum Gasteiger partial charge on any atom is -0.379 e. The van der Waals surface area contributed by atoms with Crippen molar-refractivity contribution in [3.05, 3.63) is 83.8 Å². The Morgan fingerprint density at radius 1 is 0.920 bits per heavy atom. The first-order valence-electron chi connectivity index (χ1n) is 17.2. The molecule has 2 aromatic carbocycles. The molecule has 0 spiro atoms. The smallest absolute Gasteiger partial charge is 0.231 e. The van der Waals surface area contributed by atoms with Gasteiger partial charge < -0.3 is 25.1 Å². The number of nitrogens with one attached hydrogen (secondary N) is 3. The second-order valence-electron chi connectivity index (χ2n) is 15.6. The molecule has 4 rings (SSSR count). The molecule has 3 N–H and O–H groups in total. The summed E-state index contributed by atoms with van der Waals surface area (Å²) in [5, 5.41) is 5.15. The lowest BCUT2D eigenvalue weighted by Crippen LogP contribution is -2.47. The Hall–Kier alpha value is -3.47. The van der Waals surface area contributed by atoms with Crippen molar-refractivity contribution in [3.8, 4) is 0 Å². The minimum absolute atomic E-state index is 0.0417. The number of benzene rings is 2. The van der Waals surface area contributed by atoms with Crippen molar-refractivity contribution in [2.75, 3.05) is 37.8 Å². The molecule has 1 atom stereocenters. The van der Waals surface area contributed by atoms with E-state index < -0.39 is 11.5 Å². The van der Waals surface area contributed by atoms with E-state index in [1.54, 1.807) is 32.1 Å². The molecule has 0 saturated carbocycles. The van der Waals surface area contributed by atoms with Crippen LogP contribution in [0.15, 0.2) is 67.1 Å². The third-order valence-electron chi connectivity index (χ3n) is 8.57. The van der Waals surface area contributed by atoms with Crippen molar-refractivity contribution in [3.63, 3.8) is 0 Å². The summed E-state index contributed by atoms with van der Waals surface area (Å²) in [6.07, 6.45) is 14.4. The number of rotatable bonds is 11. The van der Waals surface area contributed by atoms with Gasteiger partial charge in [-0.2, -0.15) is 0 Å². The zero-order valence-corrected chi connectivity index (χ0v) is 33.5. The SMILES string of the molecule is CC(C)(C)S(C)(C)C.CC(C)(NC=O)C(=O)C[C@H](COCc1ccccc1)C(=O)Nc1cnc[nH]1.COC(C)(C)C.c1ccc2c(c1)CCC2. The van der Waals surface area contributed by atoms with Crippen molar-refractivity contribution in [2.45, 2.75) is 104 Å². The van der Waals surface area contributed by atoms with Crippen molar-refractivity contribution >= 4 is 33.9 Å². The molecule has 1 aliphatic rings. The van der Waals surface area contributed by atoms with E-state index in [9.17, 15) is 14.4 Å². The molecule has 1 aliphatic carbocycles. The van der Waals surface area contributed by atoms with Crippen molar-refractivity contribution in [1.29, 1.82) is 0 Å². The van der Waals surface area contributed by atoms with Crippen molar-refractivity contribution in [1.82, 2.24) is 15.3 Å². The number of anilines is 1. The maximum absolute atomic E-state index is 12.6. The second kappa shape index (κ2) is 21.0. The summed E-state index contributed by atoms with van der Waals surface area (Å²) in [4.78, 5) is 42.5. The number of carbonyl (C=O) groups excluding carboxylic acids is 3. The molecule has 0 unspecified atom stereocenters. The molecule has 3 aromatic rings. The summed E-state index contributed by atoms with van der Waals surface area (Å²) >= 11 is 0. The summed E-state index contributed by atoms with van der Waals surface area (Å²) in [6, 6.07) is 18.3. The lowest BCUT2D eigenvalue weighted by molar-refractivity contribution is -0.132. The van der Waals surface area contributed by atoms with Gasteiger partial charge in [-0.25, -0.2) is 15.0 Å². The number of imidazole rings is 1. The number of fused-ring (bicyclic) bond motifs is 1. The molecule has 10 heteroatoms. The highest BCUT2D eigenvalue weighted by atomic mass is 32.3. The Morgan fingerprint density at radius 3 is 1.88 bits per heavy atom. The maximum Gasteiger partial charge on any atom is 0.231 e. The molecule has 0 aliphatic heterocycles. The fraction of sp³-hybridized carbons (Fsp3) is 0.550. The van der Waals surface area contributed by atoms with Gasteiger partial charge in [0, 0.05) is 13.5 Å². The molecule has 0 saturated heterocycles. The molecule has 9 nitrogen and oxygen atoms in total. The number of Topliss-reactive ketones (excluding diaryl/α,β-unsaturated/α-hetero) is 1. The predicted octanol–water partition coefficient (Wildman–Crippen LogP) is 7.75. The Morgan fingerprint density at radius 2 is 1.44 bits per heavy atom. The molecular formula is C40H64N4O5S. The fourth-order valence-corrected chi connectivity index (χ4v) is 3.90. The minimum atomic E-state index is -1.06. The monoisotopic (exact) mass is 712 g/mol. The van der Waals surface area contributed by atoms with Gasteiger partial charge in [-0.1, -0.05) is 75.4 Å². The Balaban J connectivity index is 0.000000435. The number of methoxy groups -OCH3 is 1. The van der Waals surface area contributed by atoms with Crippen LogP contribution in [0.1, 0.15) is 84.9 Å². The van der Waals surface area contributed by atoms with Gasteiger partial charge in [0.05, 0.1) is 42.8 Å². The van der Waals surface area contributed by atoms with Crippen molar-refractivity contribution in [2.24, 2.45) is 5.92 Å². The highest BCUT2D eigenvalue weighted by Crippen LogP contribution is 2.48. The second-order valence-corrected chi connectivity index (χ2v) is 20.5. The largest absolute Gasteiger partial charge is 0.379 e. The highest BCUT2D eigenvalue weighted by molar-refractivity contribution is 8.33. The van der Waals surface area contributed by atoms with Crippen LogP contribution < -0.4 is 10.6 Å². The van der Waals surface area contributed by atoms with Crippen LogP contribution in [-0.2, 0) is 43.3 Å². The Labute approximate surface area is 303 Å². The molecule has 0 bridgehead atoms. The van der Waals surface area contributed by atoms with Gasteiger partial charge >= 0.3 is 0 Å². The van der Waals surface area contributed by atoms with Crippen LogP contribution in [0.3, 0.4) is 0 Å². The van der Waals surface area contributed by atoms with E-state index in [2.05, 4.69) is 84.4 Å². The lowest BCUT2D eigenvalue weighted by atomic mass is 9.90. The zero-order valence-electron chi connectivity index (χ0n) is 32.6. The number of ether oxygens (including phenoxy) is 2. The first-order chi connectivity index (χ1) is 23.2. The van der Waals surface area contributed by atoms with Crippen molar-refractivity contribution < 1.29 is 23.9 Å². The van der Waals surface area contributed by atoms with Crippen LogP contribution in [-0.4, -0.2) is 76.4 Å². The van der Waals surface area contributed by atoms with Crippen LogP contribution in [0.4, 0.5) is 5.82 Å². The van der Waals surface area contributed by atoms with E-state index in [4.69, 9.17) is 9.47 Å². The first kappa shape index (κ1) is 44.6. The summed E-state index contributed by atoms with van der Waals surface area (Å²) in [5.41, 5.74) is 3.09. The number of hydrogen-bond acceptors (Lipinski definition) is 6. The fourth-order valence-electron chi connectivity index (χ4n) is 3.90. The summed E-state index contributed by atoms with van der Waals surface area (Å²) in [7, 11) is 1.37. The number of H-pyrrole nitrogens is 1. The molecule has 2 amide bonds. The molecule has 280 valence electrons. The van der Waals surface area contributed by atoms with Crippen LogP contribution in [0.5, 0.6) is 0 Å². The topological polar surface area (TPSA) is 122 Å². The molecular weight excluding hydrogens is 649 g/mol. The van der Waals surface area contributed by atoms with Gasteiger partial charge in [0.2, 0.25) is 12.3 Å². The standard InChI is InChI=1S/C19H24N4O4.C9H10.C7H18S.C5H12O/c1-19(2,22-13-24)16(25)8-15(18(26)23-17-9-20-12-21-17)11-27-10-14-6-4-3-5-7-14;1-2-5-9-7-3-6-8(9)4-1;1-7(2,3)8(4,5)6;1-5(2,3)6-4/h3-7,9,12-13,15H,8,10-11H2,1-2H3,(H,20,21)(H,22,24)(H,23,26);1-2,4-5H,3,6-7H2;1-6H3;1-4H3/t15-;;;/m1.../s1. The number of carbonyl (C=O) groups is 3. The number of nitrogens with zero attached hydrogens (tertiary/aromatic N) is 1. The average molecular weight is 713 g/mol. The number of hydrogen-bond donors (Lipinski definition) is 3. The molecule has 0 fully saturated rings. The molecule has 1 aromatic heterocycles. The van der Waals surface area contributed by atoms with E-state index in [-0.39, 0.29) is 40.3 Å². The summed E-state index contributed by atoms with van der Waals surface area (Å²) < 4.78 is 11.1. The van der Waals surface area contributed by atoms with Crippen LogP contribution >= 0.6 is 10.0 Å². The predicted molar refractivity (Wildman–Crippen MR) is 210 cm³/mol. The van der Waals surface area contributed by atoms with Crippen LogP contribution in [0.25, 0.3) is 0 Å². The number of amides is 2. The van der Waals surface area contributed by atoms with Crippen LogP contribution in [0, 0.1) is 5.92 Å². The third kappa shape index (κ3) is 18.0. The van der Waals surface area contributed by atoms with E-state index in [1.807, 2.05) is 51.1 Å². The van der Waals surface area contributed by atoms with E-state index in [0.29, 0.717) is 23.6 Å². The van der Waals surface area contributed by atoms with Gasteiger partial charge in [0.25, 0.3) is 0 Å². The van der Waals surface area contributed by atoms with Gasteiger partial charge in [-0.15, -0.1) is 0 Å².